The lowest BCUT2D eigenvalue weighted by Crippen LogP contribution is -2.50. The van der Waals surface area contributed by atoms with Crippen LogP contribution in [0.15, 0.2) is 60.7 Å². The number of rotatable bonds is 21. The van der Waals surface area contributed by atoms with Crippen LogP contribution in [0.2, 0.25) is 33.2 Å². The first-order valence-electron chi connectivity index (χ1n) is 25.8. The van der Waals surface area contributed by atoms with Gasteiger partial charge in [0.15, 0.2) is 23.1 Å². The van der Waals surface area contributed by atoms with Crippen molar-refractivity contribution in [1.82, 2.24) is 4.57 Å². The van der Waals surface area contributed by atoms with E-state index >= 15 is 0 Å². The van der Waals surface area contributed by atoms with Gasteiger partial charge in [0.2, 0.25) is 0 Å². The van der Waals surface area contributed by atoms with Gasteiger partial charge in [0.05, 0.1) is 0 Å². The molecule has 1 aromatic heterocycles. The predicted octanol–water partition coefficient (Wildman–Crippen LogP) is 17.0. The van der Waals surface area contributed by atoms with Crippen LogP contribution in [-0.2, 0) is 6.54 Å². The third-order valence-corrected chi connectivity index (χ3v) is 27.8. The predicted molar refractivity (Wildman–Crippen MR) is 285 cm³/mol. The van der Waals surface area contributed by atoms with Gasteiger partial charge in [0.1, 0.15) is 11.5 Å². The highest BCUT2D eigenvalue weighted by atomic mass is 28.4. The Kier molecular flexibility index (Phi) is 15.1. The van der Waals surface area contributed by atoms with Crippen LogP contribution in [0.5, 0.6) is 11.5 Å². The number of unbranched alkanes of at least 4 members (excludes halogenated alkanes) is 9. The lowest BCUT2D eigenvalue weighted by atomic mass is 9.85. The molecule has 1 heterocycles. The van der Waals surface area contributed by atoms with Crippen LogP contribution in [0.1, 0.15) is 196 Å². The van der Waals surface area contributed by atoms with Crippen LogP contribution in [0, 0.1) is 0 Å². The highest BCUT2D eigenvalue weighted by Crippen LogP contribution is 2.51. The Morgan fingerprint density at radius 2 is 0.761 bits per heavy atom. The summed E-state index contributed by atoms with van der Waals surface area (Å²) in [5.41, 5.74) is 4.75. The molecule has 0 bridgehead atoms. The first-order chi connectivity index (χ1) is 31.8. The maximum absolute atomic E-state index is 14.5. The number of hydrogen-bond acceptors (Lipinski definition) is 6. The standard InChI is InChI=1S/C58H77NO6Si2/c1-14-15-16-17-18-19-20-21-22-23-32-59-45-26-24-41-51(64-66(35(2)3,36(4)5)37(6)7)33-43-47(60)28-30-49(62)53(43)55(41)57(45)58-46(59)27-25-42-52(65-67(38(8)9,39(10)11)40(12)13)34-44-48(61)29-31-50(63)54(44)56(42)58/h24-31,33-40H,14-23,32H2,1-13H3. The topological polar surface area (TPSA) is 91.7 Å². The van der Waals surface area contributed by atoms with E-state index in [9.17, 15) is 19.2 Å². The van der Waals surface area contributed by atoms with E-state index in [0.29, 0.717) is 44.5 Å². The fraction of sp³-hybridized carbons (Fsp3) is 0.517. The molecule has 5 aromatic rings. The van der Waals surface area contributed by atoms with Gasteiger partial charge in [-0.1, -0.05) is 148 Å². The quantitative estimate of drug-likeness (QED) is 0.0538. The second-order valence-electron chi connectivity index (χ2n) is 21.7. The fourth-order valence-electron chi connectivity index (χ4n) is 12.8. The summed E-state index contributed by atoms with van der Waals surface area (Å²) < 4.78 is 17.4. The van der Waals surface area contributed by atoms with Crippen molar-refractivity contribution in [2.75, 3.05) is 0 Å². The fourth-order valence-corrected chi connectivity index (χ4v) is 23.3. The maximum Gasteiger partial charge on any atom is 0.258 e. The van der Waals surface area contributed by atoms with Crippen molar-refractivity contribution in [2.45, 2.75) is 194 Å². The largest absolute Gasteiger partial charge is 0.542 e. The summed E-state index contributed by atoms with van der Waals surface area (Å²) in [6.45, 7) is 30.0. The minimum Gasteiger partial charge on any atom is -0.542 e. The van der Waals surface area contributed by atoms with Gasteiger partial charge < -0.3 is 13.4 Å². The van der Waals surface area contributed by atoms with E-state index < -0.39 is 16.6 Å². The summed E-state index contributed by atoms with van der Waals surface area (Å²) >= 11 is 0. The smallest absolute Gasteiger partial charge is 0.258 e. The molecular formula is C58H77NO6Si2. The minimum absolute atomic E-state index is 0.237. The Bertz CT molecular complexity index is 2580. The second-order valence-corrected chi connectivity index (χ2v) is 32.4. The lowest BCUT2D eigenvalue weighted by molar-refractivity contribution is 0.0995. The number of hydrogen-bond donors (Lipinski definition) is 0. The van der Waals surface area contributed by atoms with Gasteiger partial charge in [-0.15, -0.1) is 0 Å². The monoisotopic (exact) mass is 940 g/mol. The van der Waals surface area contributed by atoms with Crippen molar-refractivity contribution in [2.24, 2.45) is 0 Å². The van der Waals surface area contributed by atoms with Crippen LogP contribution < -0.4 is 8.85 Å². The number of aryl methyl sites for hydroxylation is 1. The van der Waals surface area contributed by atoms with Crippen LogP contribution >= 0.6 is 0 Å². The van der Waals surface area contributed by atoms with Crippen LogP contribution in [0.4, 0.5) is 0 Å². The molecule has 67 heavy (non-hydrogen) atoms. The normalized spacial score (nSPS) is 14.6. The van der Waals surface area contributed by atoms with Gasteiger partial charge in [-0.05, 0) is 100 Å². The summed E-state index contributed by atoms with van der Waals surface area (Å²) in [4.78, 5) is 57.3. The number of aromatic nitrogens is 1. The lowest BCUT2D eigenvalue weighted by Gasteiger charge is -2.42. The van der Waals surface area contributed by atoms with Gasteiger partial charge in [-0.2, -0.15) is 0 Å². The van der Waals surface area contributed by atoms with Crippen LogP contribution in [0.3, 0.4) is 0 Å². The molecule has 4 aromatic carbocycles. The molecule has 2 aliphatic rings. The van der Waals surface area contributed by atoms with Crippen molar-refractivity contribution in [3.8, 4) is 11.5 Å². The molecule has 0 amide bonds. The molecule has 0 saturated carbocycles. The molecule has 7 nitrogen and oxygen atoms in total. The average Bonchev–Trinajstić information content (AvgIpc) is 3.60. The Balaban J connectivity index is 1.60. The number of benzene rings is 4. The first-order valence-corrected chi connectivity index (χ1v) is 30.1. The second kappa shape index (κ2) is 20.2. The van der Waals surface area contributed by atoms with E-state index in [-0.39, 0.29) is 56.4 Å². The summed E-state index contributed by atoms with van der Waals surface area (Å²) in [7, 11) is -5.17. The minimum atomic E-state index is -2.59. The molecule has 0 N–H and O–H groups in total. The Morgan fingerprint density at radius 3 is 1.10 bits per heavy atom. The van der Waals surface area contributed by atoms with Crippen LogP contribution in [0.25, 0.3) is 43.4 Å². The molecule has 0 saturated heterocycles. The molecule has 9 heteroatoms. The first kappa shape index (κ1) is 50.3. The van der Waals surface area contributed by atoms with Gasteiger partial charge in [0, 0.05) is 72.1 Å². The van der Waals surface area contributed by atoms with Crippen molar-refractivity contribution < 1.29 is 28.0 Å². The number of carbonyl (C=O) groups is 4. The zero-order valence-electron chi connectivity index (χ0n) is 42.9. The molecule has 2 aliphatic carbocycles. The molecular weight excluding hydrogens is 863 g/mol. The van der Waals surface area contributed by atoms with Crippen molar-refractivity contribution in [1.29, 1.82) is 0 Å². The molecule has 0 atom stereocenters. The van der Waals surface area contributed by atoms with E-state index in [4.69, 9.17) is 8.85 Å². The van der Waals surface area contributed by atoms with Crippen molar-refractivity contribution >= 4 is 83.1 Å². The van der Waals surface area contributed by atoms with Gasteiger partial charge in [-0.3, -0.25) is 19.2 Å². The third kappa shape index (κ3) is 8.74. The number of ketones is 4. The molecule has 0 spiro atoms. The number of carbonyl (C=O) groups excluding carboxylic acids is 4. The van der Waals surface area contributed by atoms with E-state index in [1.165, 1.54) is 69.2 Å². The van der Waals surface area contributed by atoms with Gasteiger partial charge in [0.25, 0.3) is 16.6 Å². The molecule has 7 rings (SSSR count). The van der Waals surface area contributed by atoms with Gasteiger partial charge in [-0.25, -0.2) is 0 Å². The number of fused-ring (bicyclic) bond motifs is 11. The summed E-state index contributed by atoms with van der Waals surface area (Å²) in [5, 5.41) is 4.45. The summed E-state index contributed by atoms with van der Waals surface area (Å²) in [6, 6.07) is 12.2. The molecule has 0 unspecified atom stereocenters. The highest BCUT2D eigenvalue weighted by molar-refractivity contribution is 6.79. The van der Waals surface area contributed by atoms with E-state index in [1.54, 1.807) is 0 Å². The Labute approximate surface area is 402 Å². The summed E-state index contributed by atoms with van der Waals surface area (Å²) in [6.07, 6.45) is 17.7. The maximum atomic E-state index is 14.5. The molecule has 0 aliphatic heterocycles. The molecule has 358 valence electrons. The number of allylic oxidation sites excluding steroid dienone is 4. The highest BCUT2D eigenvalue weighted by Gasteiger charge is 2.49. The average molecular weight is 940 g/mol. The van der Waals surface area contributed by atoms with E-state index in [1.807, 2.05) is 12.1 Å². The van der Waals surface area contributed by atoms with E-state index in [2.05, 4.69) is 119 Å². The van der Waals surface area contributed by atoms with Crippen molar-refractivity contribution in [3.63, 3.8) is 0 Å². The van der Waals surface area contributed by atoms with Gasteiger partial charge >= 0.3 is 0 Å². The third-order valence-electron chi connectivity index (χ3n) is 15.8. The van der Waals surface area contributed by atoms with Crippen molar-refractivity contribution in [3.05, 3.63) is 83.0 Å². The SMILES string of the molecule is CCCCCCCCCCCCn1c2ccc3c(O[Si](C(C)C)(C(C)C)C(C)C)cc4c(c3c2c2c3c5c(cc(O[Si](C(C)C)(C(C)C)C(C)C)c3ccc21)C(=O)C=CC5=O)C(=O)C=CC4=O. The Hall–Kier alpha value is -4.61. The zero-order valence-corrected chi connectivity index (χ0v) is 44.9. The summed E-state index contributed by atoms with van der Waals surface area (Å²) in [5.74, 6) is 0.284. The van der Waals surface area contributed by atoms with Crippen LogP contribution in [-0.4, -0.2) is 44.3 Å². The van der Waals surface area contributed by atoms with E-state index in [0.717, 1.165) is 58.4 Å². The molecule has 0 fully saturated rings. The zero-order chi connectivity index (χ0) is 48.7. The molecule has 0 radical (unpaired) electrons. The Morgan fingerprint density at radius 1 is 0.433 bits per heavy atom. The number of nitrogens with zero attached hydrogens (tertiary/aromatic N) is 1.